The summed E-state index contributed by atoms with van der Waals surface area (Å²) in [6, 6.07) is 7.53. The summed E-state index contributed by atoms with van der Waals surface area (Å²) < 4.78 is 13.9. The van der Waals surface area contributed by atoms with Crippen LogP contribution in [-0.2, 0) is 0 Å². The van der Waals surface area contributed by atoms with E-state index in [1.165, 1.54) is 6.07 Å². The third kappa shape index (κ3) is 6.64. The molecule has 0 atom stereocenters. The summed E-state index contributed by atoms with van der Waals surface area (Å²) in [5, 5.41) is 6.86. The van der Waals surface area contributed by atoms with Gasteiger partial charge in [0.15, 0.2) is 5.96 Å². The second-order valence-corrected chi connectivity index (χ2v) is 6.92. The van der Waals surface area contributed by atoms with Crippen LogP contribution in [-0.4, -0.2) is 63.2 Å². The molecule has 0 radical (unpaired) electrons. The first kappa shape index (κ1) is 21.9. The predicted molar refractivity (Wildman–Crippen MR) is 122 cm³/mol. The second kappa shape index (κ2) is 11.5. The monoisotopic (exact) mass is 487 g/mol. The molecule has 1 aliphatic carbocycles. The number of guanidine groups is 1. The molecular formula is C20H31FIN5. The average Bonchev–Trinajstić information content (AvgIpc) is 3.18. The average molecular weight is 487 g/mol. The van der Waals surface area contributed by atoms with E-state index in [1.807, 2.05) is 19.2 Å². The van der Waals surface area contributed by atoms with E-state index < -0.39 is 0 Å². The Morgan fingerprint density at radius 1 is 1.15 bits per heavy atom. The van der Waals surface area contributed by atoms with Gasteiger partial charge in [0.05, 0.1) is 5.69 Å². The zero-order valence-electron chi connectivity index (χ0n) is 16.0. The third-order valence-electron chi connectivity index (χ3n) is 5.08. The fourth-order valence-corrected chi connectivity index (χ4v) is 3.55. The van der Waals surface area contributed by atoms with Crippen LogP contribution in [0.15, 0.2) is 41.4 Å². The number of rotatable bonds is 6. The number of para-hydroxylation sites is 1. The van der Waals surface area contributed by atoms with E-state index in [2.05, 4.69) is 37.6 Å². The van der Waals surface area contributed by atoms with Gasteiger partial charge in [-0.15, -0.1) is 24.0 Å². The summed E-state index contributed by atoms with van der Waals surface area (Å²) in [5.74, 6) is 0.768. The molecule has 0 amide bonds. The van der Waals surface area contributed by atoms with Gasteiger partial charge < -0.3 is 15.5 Å². The fourth-order valence-electron chi connectivity index (χ4n) is 3.55. The molecule has 150 valence electrons. The summed E-state index contributed by atoms with van der Waals surface area (Å²) in [4.78, 5) is 8.90. The Morgan fingerprint density at radius 2 is 1.85 bits per heavy atom. The van der Waals surface area contributed by atoms with Crippen molar-refractivity contribution in [2.75, 3.05) is 51.2 Å². The van der Waals surface area contributed by atoms with Crippen molar-refractivity contribution in [2.24, 2.45) is 4.99 Å². The molecule has 7 heteroatoms. The number of nitrogens with zero attached hydrogens (tertiary/aromatic N) is 3. The minimum Gasteiger partial charge on any atom is -0.367 e. The van der Waals surface area contributed by atoms with Gasteiger partial charge in [-0.25, -0.2) is 4.39 Å². The van der Waals surface area contributed by atoms with E-state index in [0.717, 1.165) is 70.2 Å². The summed E-state index contributed by atoms with van der Waals surface area (Å²) in [7, 11) is 1.82. The van der Waals surface area contributed by atoms with Gasteiger partial charge in [0.1, 0.15) is 5.82 Å². The number of anilines is 1. The quantitative estimate of drug-likeness (QED) is 0.213. The van der Waals surface area contributed by atoms with Crippen molar-refractivity contribution in [3.8, 4) is 0 Å². The molecule has 1 aliphatic heterocycles. The van der Waals surface area contributed by atoms with Crippen LogP contribution in [0.4, 0.5) is 10.1 Å². The molecule has 0 unspecified atom stereocenters. The van der Waals surface area contributed by atoms with E-state index in [0.29, 0.717) is 6.04 Å². The van der Waals surface area contributed by atoms with Gasteiger partial charge in [-0.05, 0) is 37.9 Å². The summed E-state index contributed by atoms with van der Waals surface area (Å²) in [6.45, 7) is 5.69. The maximum Gasteiger partial charge on any atom is 0.191 e. The molecule has 0 spiro atoms. The molecule has 1 saturated heterocycles. The van der Waals surface area contributed by atoms with E-state index >= 15 is 0 Å². The summed E-state index contributed by atoms with van der Waals surface area (Å²) in [6.07, 6.45) is 7.65. The van der Waals surface area contributed by atoms with Crippen LogP contribution in [0.5, 0.6) is 0 Å². The van der Waals surface area contributed by atoms with Crippen LogP contribution in [0.25, 0.3) is 0 Å². The SMILES string of the molecule is CN=C(NCCCN1CCN(c2ccccc2F)CC1)NC1CC=CC1.I. The lowest BCUT2D eigenvalue weighted by molar-refractivity contribution is 0.254. The Bertz CT molecular complexity index is 621. The highest BCUT2D eigenvalue weighted by Crippen LogP contribution is 2.20. The number of halogens is 2. The standard InChI is InChI=1S/C20H30FN5.HI/c1-22-20(24-17-7-2-3-8-17)23-11-6-12-25-13-15-26(16-14-25)19-10-5-4-9-18(19)21;/h2-5,9-10,17H,6-8,11-16H2,1H3,(H2,22,23,24);1H. The van der Waals surface area contributed by atoms with Gasteiger partial charge in [0.25, 0.3) is 0 Å². The van der Waals surface area contributed by atoms with Crippen molar-refractivity contribution in [1.82, 2.24) is 15.5 Å². The summed E-state index contributed by atoms with van der Waals surface area (Å²) in [5.41, 5.74) is 0.727. The molecule has 1 aromatic carbocycles. The molecule has 0 aromatic heterocycles. The van der Waals surface area contributed by atoms with E-state index in [4.69, 9.17) is 0 Å². The van der Waals surface area contributed by atoms with Crippen LogP contribution >= 0.6 is 24.0 Å². The Balaban J connectivity index is 0.00000261. The van der Waals surface area contributed by atoms with Crippen LogP contribution in [0.1, 0.15) is 19.3 Å². The molecule has 27 heavy (non-hydrogen) atoms. The fraction of sp³-hybridized carbons (Fsp3) is 0.550. The van der Waals surface area contributed by atoms with E-state index in [9.17, 15) is 4.39 Å². The number of piperazine rings is 1. The van der Waals surface area contributed by atoms with Crippen molar-refractivity contribution in [2.45, 2.75) is 25.3 Å². The number of nitrogens with one attached hydrogen (secondary N) is 2. The van der Waals surface area contributed by atoms with Crippen LogP contribution < -0.4 is 15.5 Å². The highest BCUT2D eigenvalue weighted by Gasteiger charge is 2.18. The van der Waals surface area contributed by atoms with Crippen molar-refractivity contribution >= 4 is 35.6 Å². The van der Waals surface area contributed by atoms with Gasteiger partial charge in [-0.3, -0.25) is 9.89 Å². The predicted octanol–water partition coefficient (Wildman–Crippen LogP) is 2.84. The summed E-state index contributed by atoms with van der Waals surface area (Å²) >= 11 is 0. The van der Waals surface area contributed by atoms with Gasteiger partial charge in [-0.1, -0.05) is 24.3 Å². The number of benzene rings is 1. The lowest BCUT2D eigenvalue weighted by Crippen LogP contribution is -2.47. The Morgan fingerprint density at radius 3 is 2.52 bits per heavy atom. The molecule has 2 N–H and O–H groups in total. The van der Waals surface area contributed by atoms with Gasteiger partial charge in [0, 0.05) is 45.8 Å². The van der Waals surface area contributed by atoms with Crippen molar-refractivity contribution in [1.29, 1.82) is 0 Å². The van der Waals surface area contributed by atoms with Crippen molar-refractivity contribution in [3.05, 3.63) is 42.2 Å². The molecule has 2 aliphatic rings. The minimum atomic E-state index is -0.124. The number of hydrogen-bond acceptors (Lipinski definition) is 3. The molecule has 1 heterocycles. The van der Waals surface area contributed by atoms with Crippen LogP contribution in [0.3, 0.4) is 0 Å². The molecule has 1 fully saturated rings. The molecule has 3 rings (SSSR count). The highest BCUT2D eigenvalue weighted by molar-refractivity contribution is 14.0. The Kier molecular flexibility index (Phi) is 9.33. The number of hydrogen-bond donors (Lipinski definition) is 2. The van der Waals surface area contributed by atoms with Crippen molar-refractivity contribution < 1.29 is 4.39 Å². The zero-order chi connectivity index (χ0) is 18.2. The van der Waals surface area contributed by atoms with Crippen molar-refractivity contribution in [3.63, 3.8) is 0 Å². The second-order valence-electron chi connectivity index (χ2n) is 6.92. The first-order valence-electron chi connectivity index (χ1n) is 9.60. The molecule has 5 nitrogen and oxygen atoms in total. The van der Waals surface area contributed by atoms with Crippen LogP contribution in [0.2, 0.25) is 0 Å². The van der Waals surface area contributed by atoms with E-state index in [-0.39, 0.29) is 29.8 Å². The highest BCUT2D eigenvalue weighted by atomic mass is 127. The minimum absolute atomic E-state index is 0. The normalized spacial score (nSPS) is 18.4. The molecule has 0 bridgehead atoms. The maximum atomic E-state index is 13.9. The van der Waals surface area contributed by atoms with Gasteiger partial charge in [0.2, 0.25) is 0 Å². The molecule has 0 saturated carbocycles. The lowest BCUT2D eigenvalue weighted by Gasteiger charge is -2.36. The topological polar surface area (TPSA) is 42.9 Å². The first-order chi connectivity index (χ1) is 12.8. The van der Waals surface area contributed by atoms with E-state index in [1.54, 1.807) is 6.07 Å². The van der Waals surface area contributed by atoms with Crippen LogP contribution in [0, 0.1) is 5.82 Å². The lowest BCUT2D eigenvalue weighted by atomic mass is 10.2. The third-order valence-corrected chi connectivity index (χ3v) is 5.08. The first-order valence-corrected chi connectivity index (χ1v) is 9.60. The van der Waals surface area contributed by atoms with Gasteiger partial charge >= 0.3 is 0 Å². The van der Waals surface area contributed by atoms with Gasteiger partial charge in [-0.2, -0.15) is 0 Å². The maximum absolute atomic E-state index is 13.9. The Hall–Kier alpha value is -1.35. The largest absolute Gasteiger partial charge is 0.367 e. The molecular weight excluding hydrogens is 456 g/mol. The number of aliphatic imine (C=N–C) groups is 1. The smallest absolute Gasteiger partial charge is 0.191 e. The molecule has 1 aromatic rings. The zero-order valence-corrected chi connectivity index (χ0v) is 18.4. The Labute approximate surface area is 179 Å².